The minimum Gasteiger partial charge on any atom is -0.497 e. The smallest absolute Gasteiger partial charge is 0.164 e. The van der Waals surface area contributed by atoms with Crippen molar-refractivity contribution in [3.63, 3.8) is 0 Å². The standard InChI is InChI=1S/C16H13N3O2/c1-21-12-8-6-11(7-9-12)18-19-16-14(10-20)13-4-2-3-5-15(13)17-16/h2-10,17H,1H3. The minimum atomic E-state index is 0.460. The second-order valence-corrected chi connectivity index (χ2v) is 4.45. The second-order valence-electron chi connectivity index (χ2n) is 4.45. The van der Waals surface area contributed by atoms with Gasteiger partial charge in [-0.3, -0.25) is 4.79 Å². The second kappa shape index (κ2) is 5.58. The zero-order valence-electron chi connectivity index (χ0n) is 11.4. The summed E-state index contributed by atoms with van der Waals surface area (Å²) in [5, 5.41) is 9.12. The molecule has 0 fully saturated rings. The number of rotatable bonds is 4. The lowest BCUT2D eigenvalue weighted by Crippen LogP contribution is -1.79. The summed E-state index contributed by atoms with van der Waals surface area (Å²) in [5.74, 6) is 1.22. The van der Waals surface area contributed by atoms with Crippen molar-refractivity contribution in [2.75, 3.05) is 7.11 Å². The number of aromatic amines is 1. The molecule has 1 aromatic heterocycles. The molecule has 5 nitrogen and oxygen atoms in total. The number of benzene rings is 2. The number of H-pyrrole nitrogens is 1. The lowest BCUT2D eigenvalue weighted by Gasteiger charge is -1.97. The van der Waals surface area contributed by atoms with Gasteiger partial charge in [0.15, 0.2) is 12.1 Å². The zero-order chi connectivity index (χ0) is 14.7. The van der Waals surface area contributed by atoms with Crippen molar-refractivity contribution in [1.82, 2.24) is 4.98 Å². The molecular formula is C16H13N3O2. The molecule has 104 valence electrons. The van der Waals surface area contributed by atoms with E-state index in [9.17, 15) is 4.79 Å². The molecule has 3 rings (SSSR count). The van der Waals surface area contributed by atoms with Gasteiger partial charge in [0.2, 0.25) is 0 Å². The van der Waals surface area contributed by atoms with Crippen molar-refractivity contribution in [2.45, 2.75) is 0 Å². The van der Waals surface area contributed by atoms with E-state index >= 15 is 0 Å². The van der Waals surface area contributed by atoms with Crippen LogP contribution in [0.15, 0.2) is 58.8 Å². The number of methoxy groups -OCH3 is 1. The summed E-state index contributed by atoms with van der Waals surface area (Å²) in [6, 6.07) is 14.8. The van der Waals surface area contributed by atoms with Gasteiger partial charge in [-0.2, -0.15) is 0 Å². The third kappa shape index (κ3) is 2.53. The molecule has 0 aliphatic heterocycles. The van der Waals surface area contributed by atoms with E-state index in [-0.39, 0.29) is 0 Å². The molecule has 0 aliphatic carbocycles. The van der Waals surface area contributed by atoms with Crippen LogP contribution < -0.4 is 4.74 Å². The van der Waals surface area contributed by atoms with Crippen LogP contribution in [0.5, 0.6) is 5.75 Å². The van der Waals surface area contributed by atoms with Gasteiger partial charge in [-0.15, -0.1) is 10.2 Å². The first-order chi connectivity index (χ1) is 10.3. The van der Waals surface area contributed by atoms with Crippen molar-refractivity contribution >= 4 is 28.7 Å². The lowest BCUT2D eigenvalue weighted by molar-refractivity contribution is 0.112. The molecule has 0 spiro atoms. The van der Waals surface area contributed by atoms with Gasteiger partial charge >= 0.3 is 0 Å². The molecule has 0 atom stereocenters. The first-order valence-electron chi connectivity index (χ1n) is 6.43. The maximum Gasteiger partial charge on any atom is 0.164 e. The van der Waals surface area contributed by atoms with Crippen molar-refractivity contribution in [3.8, 4) is 5.75 Å². The van der Waals surface area contributed by atoms with Gasteiger partial charge in [-0.05, 0) is 30.3 Å². The predicted molar refractivity (Wildman–Crippen MR) is 80.9 cm³/mol. The topological polar surface area (TPSA) is 66.8 Å². The van der Waals surface area contributed by atoms with E-state index in [0.29, 0.717) is 17.1 Å². The average molecular weight is 279 g/mol. The fourth-order valence-electron chi connectivity index (χ4n) is 2.10. The Labute approximate surface area is 121 Å². The van der Waals surface area contributed by atoms with Crippen LogP contribution in [0.4, 0.5) is 11.5 Å². The highest BCUT2D eigenvalue weighted by atomic mass is 16.5. The Kier molecular flexibility index (Phi) is 3.47. The third-order valence-corrected chi connectivity index (χ3v) is 3.18. The molecule has 21 heavy (non-hydrogen) atoms. The summed E-state index contributed by atoms with van der Waals surface area (Å²) in [6.07, 6.45) is 0.793. The van der Waals surface area contributed by atoms with E-state index in [1.165, 1.54) is 0 Å². The fraction of sp³-hybridized carbons (Fsp3) is 0.0625. The van der Waals surface area contributed by atoms with E-state index in [1.54, 1.807) is 31.4 Å². The number of carbonyl (C=O) groups excluding carboxylic acids is 1. The number of para-hydroxylation sites is 1. The van der Waals surface area contributed by atoms with Gasteiger partial charge in [0.05, 0.1) is 18.4 Å². The molecule has 1 heterocycles. The Balaban J connectivity index is 1.96. The molecule has 1 N–H and O–H groups in total. The Bertz CT molecular complexity index is 804. The van der Waals surface area contributed by atoms with Crippen LogP contribution in [-0.4, -0.2) is 18.4 Å². The largest absolute Gasteiger partial charge is 0.497 e. The van der Waals surface area contributed by atoms with Crippen LogP contribution in [0, 0.1) is 0 Å². The summed E-state index contributed by atoms with van der Waals surface area (Å²) in [4.78, 5) is 14.4. The molecule has 5 heteroatoms. The monoisotopic (exact) mass is 279 g/mol. The van der Waals surface area contributed by atoms with E-state index in [2.05, 4.69) is 15.2 Å². The third-order valence-electron chi connectivity index (χ3n) is 3.18. The highest BCUT2D eigenvalue weighted by Gasteiger charge is 2.09. The maximum absolute atomic E-state index is 11.3. The number of aldehydes is 1. The van der Waals surface area contributed by atoms with Crippen LogP contribution in [0.1, 0.15) is 10.4 Å². The lowest BCUT2D eigenvalue weighted by atomic mass is 10.2. The first-order valence-corrected chi connectivity index (χ1v) is 6.43. The van der Waals surface area contributed by atoms with Gasteiger partial charge in [0, 0.05) is 10.9 Å². The van der Waals surface area contributed by atoms with Crippen LogP contribution in [-0.2, 0) is 0 Å². The van der Waals surface area contributed by atoms with Crippen LogP contribution in [0.3, 0.4) is 0 Å². The minimum absolute atomic E-state index is 0.460. The molecule has 0 unspecified atom stereocenters. The maximum atomic E-state index is 11.3. The Hall–Kier alpha value is -2.95. The molecule has 0 saturated heterocycles. The van der Waals surface area contributed by atoms with E-state index in [1.807, 2.05) is 24.3 Å². The Morgan fingerprint density at radius 2 is 1.81 bits per heavy atom. The summed E-state index contributed by atoms with van der Waals surface area (Å²) in [5.41, 5.74) is 2.07. The van der Waals surface area contributed by atoms with Gasteiger partial charge in [0.25, 0.3) is 0 Å². The molecule has 3 aromatic rings. The highest BCUT2D eigenvalue weighted by Crippen LogP contribution is 2.28. The summed E-state index contributed by atoms with van der Waals surface area (Å²) >= 11 is 0. The van der Waals surface area contributed by atoms with Crippen LogP contribution in [0.2, 0.25) is 0 Å². The molecular weight excluding hydrogens is 266 g/mol. The summed E-state index contributed by atoms with van der Waals surface area (Å²) in [7, 11) is 1.61. The van der Waals surface area contributed by atoms with E-state index < -0.39 is 0 Å². The SMILES string of the molecule is COc1ccc(N=Nc2[nH]c3ccccc3c2C=O)cc1. The van der Waals surface area contributed by atoms with E-state index in [4.69, 9.17) is 4.74 Å². The quantitative estimate of drug-likeness (QED) is 0.568. The summed E-state index contributed by atoms with van der Waals surface area (Å²) < 4.78 is 5.08. The van der Waals surface area contributed by atoms with Crippen LogP contribution >= 0.6 is 0 Å². The number of ether oxygens (including phenoxy) is 1. The fourth-order valence-corrected chi connectivity index (χ4v) is 2.10. The average Bonchev–Trinajstić information content (AvgIpc) is 2.91. The first kappa shape index (κ1) is 13.1. The normalized spacial score (nSPS) is 11.1. The number of carbonyl (C=O) groups is 1. The summed E-state index contributed by atoms with van der Waals surface area (Å²) in [6.45, 7) is 0. The zero-order valence-corrected chi connectivity index (χ0v) is 11.4. The Morgan fingerprint density at radius 1 is 1.05 bits per heavy atom. The molecule has 0 saturated carbocycles. The number of fused-ring (bicyclic) bond motifs is 1. The molecule has 0 amide bonds. The molecule has 0 aliphatic rings. The van der Waals surface area contributed by atoms with Crippen LogP contribution in [0.25, 0.3) is 10.9 Å². The van der Waals surface area contributed by atoms with Crippen molar-refractivity contribution in [1.29, 1.82) is 0 Å². The molecule has 0 radical (unpaired) electrons. The number of hydrogen-bond acceptors (Lipinski definition) is 4. The number of nitrogens with one attached hydrogen (secondary N) is 1. The number of aromatic nitrogens is 1. The number of nitrogens with zero attached hydrogens (tertiary/aromatic N) is 2. The number of hydrogen-bond donors (Lipinski definition) is 1. The van der Waals surface area contributed by atoms with Gasteiger partial charge < -0.3 is 9.72 Å². The van der Waals surface area contributed by atoms with Gasteiger partial charge in [-0.1, -0.05) is 18.2 Å². The predicted octanol–water partition coefficient (Wildman–Crippen LogP) is 4.40. The molecule has 2 aromatic carbocycles. The van der Waals surface area contributed by atoms with Crippen molar-refractivity contribution < 1.29 is 9.53 Å². The van der Waals surface area contributed by atoms with Crippen molar-refractivity contribution in [3.05, 3.63) is 54.1 Å². The number of azo groups is 1. The van der Waals surface area contributed by atoms with Gasteiger partial charge in [0.1, 0.15) is 5.75 Å². The Morgan fingerprint density at radius 3 is 2.52 bits per heavy atom. The van der Waals surface area contributed by atoms with Gasteiger partial charge in [-0.25, -0.2) is 0 Å². The molecule has 0 bridgehead atoms. The van der Waals surface area contributed by atoms with Crippen molar-refractivity contribution in [2.24, 2.45) is 10.2 Å². The van der Waals surface area contributed by atoms with E-state index in [0.717, 1.165) is 22.9 Å². The highest BCUT2D eigenvalue weighted by molar-refractivity contribution is 6.02.